The monoisotopic (exact) mass is 227 g/mol. The lowest BCUT2D eigenvalue weighted by Crippen LogP contribution is -1.98. The molecule has 0 saturated heterocycles. The maximum absolute atomic E-state index is 5.92. The summed E-state index contributed by atoms with van der Waals surface area (Å²) in [6.07, 6.45) is 0.949. The van der Waals surface area contributed by atoms with Gasteiger partial charge in [0.2, 0.25) is 0 Å². The van der Waals surface area contributed by atoms with E-state index >= 15 is 0 Å². The summed E-state index contributed by atoms with van der Waals surface area (Å²) in [4.78, 5) is 0. The highest BCUT2D eigenvalue weighted by molar-refractivity contribution is 5.51. The molecule has 88 valence electrons. The molecule has 0 aliphatic heterocycles. The van der Waals surface area contributed by atoms with Crippen LogP contribution in [0.1, 0.15) is 18.1 Å². The maximum atomic E-state index is 5.92. The summed E-state index contributed by atoms with van der Waals surface area (Å²) >= 11 is 0. The molecule has 0 amide bonds. The van der Waals surface area contributed by atoms with Crippen molar-refractivity contribution >= 4 is 5.69 Å². The molecule has 17 heavy (non-hydrogen) atoms. The molecule has 2 N–H and O–H groups in total. The summed E-state index contributed by atoms with van der Waals surface area (Å²) in [6, 6.07) is 16.0. The van der Waals surface area contributed by atoms with Crippen LogP contribution in [0.15, 0.2) is 48.5 Å². The highest BCUT2D eigenvalue weighted by Gasteiger charge is 2.00. The third-order valence-corrected chi connectivity index (χ3v) is 2.75. The summed E-state index contributed by atoms with van der Waals surface area (Å²) in [6.45, 7) is 2.67. The molecule has 0 saturated carbocycles. The Morgan fingerprint density at radius 3 is 2.47 bits per heavy atom. The van der Waals surface area contributed by atoms with E-state index in [4.69, 9.17) is 10.5 Å². The van der Waals surface area contributed by atoms with Gasteiger partial charge in [0.1, 0.15) is 12.4 Å². The van der Waals surface area contributed by atoms with E-state index in [9.17, 15) is 0 Å². The van der Waals surface area contributed by atoms with Gasteiger partial charge in [-0.1, -0.05) is 43.3 Å². The first-order valence-corrected chi connectivity index (χ1v) is 5.84. The molecule has 2 nitrogen and oxygen atoms in total. The zero-order valence-corrected chi connectivity index (χ0v) is 10.0. The minimum Gasteiger partial charge on any atom is -0.489 e. The topological polar surface area (TPSA) is 35.2 Å². The number of aryl methyl sites for hydroxylation is 1. The van der Waals surface area contributed by atoms with Gasteiger partial charge in [-0.25, -0.2) is 0 Å². The normalized spacial score (nSPS) is 10.2. The fraction of sp³-hybridized carbons (Fsp3) is 0.200. The molecule has 0 heterocycles. The molecule has 0 aromatic heterocycles. The Labute approximate surface area is 102 Å². The number of ether oxygens (including phenoxy) is 1. The fourth-order valence-corrected chi connectivity index (χ4v) is 1.73. The smallest absolute Gasteiger partial charge is 0.121 e. The van der Waals surface area contributed by atoms with Crippen molar-refractivity contribution in [1.82, 2.24) is 0 Å². The minimum atomic E-state index is 0.575. The molecule has 0 radical (unpaired) electrons. The zero-order valence-electron chi connectivity index (χ0n) is 10.0. The van der Waals surface area contributed by atoms with Crippen LogP contribution in [0.25, 0.3) is 0 Å². The van der Waals surface area contributed by atoms with Crippen LogP contribution in [0.4, 0.5) is 5.69 Å². The summed E-state index contributed by atoms with van der Waals surface area (Å²) < 4.78 is 5.69. The number of nitrogens with two attached hydrogens (primary N) is 1. The SMILES string of the molecule is CCc1ccc(OCc2ccccc2)cc1N. The molecule has 2 aromatic carbocycles. The van der Waals surface area contributed by atoms with Crippen molar-refractivity contribution in [2.45, 2.75) is 20.0 Å². The number of rotatable bonds is 4. The Balaban J connectivity index is 2.02. The molecule has 0 unspecified atom stereocenters. The van der Waals surface area contributed by atoms with Crippen LogP contribution in [-0.4, -0.2) is 0 Å². The van der Waals surface area contributed by atoms with Crippen LogP contribution in [0, 0.1) is 0 Å². The summed E-state index contributed by atoms with van der Waals surface area (Å²) in [7, 11) is 0. The van der Waals surface area contributed by atoms with Gasteiger partial charge in [-0.2, -0.15) is 0 Å². The average molecular weight is 227 g/mol. The van der Waals surface area contributed by atoms with Crippen molar-refractivity contribution in [3.05, 3.63) is 59.7 Å². The molecule has 0 aliphatic rings. The summed E-state index contributed by atoms with van der Waals surface area (Å²) in [5.41, 5.74) is 9.05. The van der Waals surface area contributed by atoms with E-state index in [1.807, 2.05) is 48.5 Å². The van der Waals surface area contributed by atoms with Gasteiger partial charge in [-0.3, -0.25) is 0 Å². The van der Waals surface area contributed by atoms with Crippen LogP contribution < -0.4 is 10.5 Å². The molecule has 0 aliphatic carbocycles. The number of anilines is 1. The van der Waals surface area contributed by atoms with Crippen molar-refractivity contribution in [2.75, 3.05) is 5.73 Å². The zero-order chi connectivity index (χ0) is 12.1. The van der Waals surface area contributed by atoms with Gasteiger partial charge < -0.3 is 10.5 Å². The predicted molar refractivity (Wildman–Crippen MR) is 71.0 cm³/mol. The van der Waals surface area contributed by atoms with Gasteiger partial charge in [-0.05, 0) is 23.6 Å². The van der Waals surface area contributed by atoms with Gasteiger partial charge in [0, 0.05) is 11.8 Å². The fourth-order valence-electron chi connectivity index (χ4n) is 1.73. The van der Waals surface area contributed by atoms with Crippen LogP contribution in [0.3, 0.4) is 0 Å². The molecule has 2 aromatic rings. The standard InChI is InChI=1S/C15H17NO/c1-2-13-8-9-14(10-15(13)16)17-11-12-6-4-3-5-7-12/h3-10H,2,11,16H2,1H3. The van der Waals surface area contributed by atoms with E-state index < -0.39 is 0 Å². The Morgan fingerprint density at radius 1 is 1.06 bits per heavy atom. The van der Waals surface area contributed by atoms with Gasteiger partial charge in [0.25, 0.3) is 0 Å². The second-order valence-corrected chi connectivity index (χ2v) is 3.99. The van der Waals surface area contributed by atoms with Gasteiger partial charge in [0.15, 0.2) is 0 Å². The minimum absolute atomic E-state index is 0.575. The number of benzene rings is 2. The van der Waals surface area contributed by atoms with E-state index in [0.717, 1.165) is 29.0 Å². The lowest BCUT2D eigenvalue weighted by atomic mass is 10.1. The van der Waals surface area contributed by atoms with E-state index in [0.29, 0.717) is 6.61 Å². The first-order chi connectivity index (χ1) is 8.29. The highest BCUT2D eigenvalue weighted by atomic mass is 16.5. The van der Waals surface area contributed by atoms with Crippen LogP contribution in [0.5, 0.6) is 5.75 Å². The Bertz CT molecular complexity index is 480. The predicted octanol–water partition coefficient (Wildman–Crippen LogP) is 3.41. The quantitative estimate of drug-likeness (QED) is 0.812. The van der Waals surface area contributed by atoms with E-state index in [1.54, 1.807) is 0 Å². The number of hydrogen-bond acceptors (Lipinski definition) is 2. The largest absolute Gasteiger partial charge is 0.489 e. The number of nitrogen functional groups attached to an aromatic ring is 1. The van der Waals surface area contributed by atoms with Crippen molar-refractivity contribution in [3.63, 3.8) is 0 Å². The third-order valence-electron chi connectivity index (χ3n) is 2.75. The summed E-state index contributed by atoms with van der Waals surface area (Å²) in [5, 5.41) is 0. The van der Waals surface area contributed by atoms with Crippen LogP contribution in [0.2, 0.25) is 0 Å². The molecule has 0 spiro atoms. The lowest BCUT2D eigenvalue weighted by Gasteiger charge is -2.09. The van der Waals surface area contributed by atoms with Crippen molar-refractivity contribution in [3.8, 4) is 5.75 Å². The molecule has 0 bridgehead atoms. The molecular weight excluding hydrogens is 210 g/mol. The first kappa shape index (κ1) is 11.5. The van der Waals surface area contributed by atoms with Gasteiger partial charge >= 0.3 is 0 Å². The average Bonchev–Trinajstić information content (AvgIpc) is 2.38. The van der Waals surface area contributed by atoms with Gasteiger partial charge in [-0.15, -0.1) is 0 Å². The number of hydrogen-bond donors (Lipinski definition) is 1. The second kappa shape index (κ2) is 5.39. The van der Waals surface area contributed by atoms with Gasteiger partial charge in [0.05, 0.1) is 0 Å². The first-order valence-electron chi connectivity index (χ1n) is 5.84. The Morgan fingerprint density at radius 2 is 1.82 bits per heavy atom. The lowest BCUT2D eigenvalue weighted by molar-refractivity contribution is 0.306. The van der Waals surface area contributed by atoms with Crippen molar-refractivity contribution in [1.29, 1.82) is 0 Å². The third kappa shape index (κ3) is 3.00. The molecule has 0 fully saturated rings. The molecule has 2 rings (SSSR count). The van der Waals surface area contributed by atoms with E-state index in [1.165, 1.54) is 0 Å². The second-order valence-electron chi connectivity index (χ2n) is 3.99. The molecule has 2 heteroatoms. The highest BCUT2D eigenvalue weighted by Crippen LogP contribution is 2.21. The molecule has 0 atom stereocenters. The van der Waals surface area contributed by atoms with Crippen molar-refractivity contribution in [2.24, 2.45) is 0 Å². The Hall–Kier alpha value is -1.96. The summed E-state index contributed by atoms with van der Waals surface area (Å²) in [5.74, 6) is 0.823. The van der Waals surface area contributed by atoms with Crippen LogP contribution in [-0.2, 0) is 13.0 Å². The maximum Gasteiger partial charge on any atom is 0.121 e. The molecular formula is C15H17NO. The van der Waals surface area contributed by atoms with Crippen molar-refractivity contribution < 1.29 is 4.74 Å². The Kier molecular flexibility index (Phi) is 3.66. The van der Waals surface area contributed by atoms with Crippen LogP contribution >= 0.6 is 0 Å². The van der Waals surface area contributed by atoms with E-state index in [-0.39, 0.29) is 0 Å². The van der Waals surface area contributed by atoms with E-state index in [2.05, 4.69) is 6.92 Å².